The third-order valence-electron chi connectivity index (χ3n) is 3.26. The van der Waals surface area contributed by atoms with E-state index < -0.39 is 0 Å². The minimum atomic E-state index is -0.276. The number of rotatable bonds is 4. The maximum absolute atomic E-state index is 12.2. The van der Waals surface area contributed by atoms with Crippen molar-refractivity contribution in [2.75, 3.05) is 11.6 Å². The zero-order valence-electron chi connectivity index (χ0n) is 12.7. The molecule has 1 aromatic heterocycles. The Bertz CT molecular complexity index is 828. The molecule has 0 unspecified atom stereocenters. The number of nitrogens with zero attached hydrogens (tertiary/aromatic N) is 2. The molecule has 0 aliphatic carbocycles. The Morgan fingerprint density at radius 2 is 1.91 bits per heavy atom. The molecule has 0 spiro atoms. The highest BCUT2D eigenvalue weighted by molar-refractivity contribution is 7.98. The standard InChI is InChI=1S/C17H15N3O2S/c1-11-4-3-5-13(10-11)15(21)18-17-20-19-16(22-17)12-6-8-14(23-2)9-7-12/h3-10H,1-2H3,(H,18,20,21). The number of anilines is 1. The first-order chi connectivity index (χ1) is 11.2. The second-order valence-corrected chi connectivity index (χ2v) is 5.84. The van der Waals surface area contributed by atoms with Gasteiger partial charge in [0.2, 0.25) is 5.89 Å². The van der Waals surface area contributed by atoms with Crippen molar-refractivity contribution in [3.63, 3.8) is 0 Å². The molecule has 0 bridgehead atoms. The smallest absolute Gasteiger partial charge is 0.322 e. The average molecular weight is 325 g/mol. The molecule has 0 radical (unpaired) electrons. The molecule has 0 atom stereocenters. The van der Waals surface area contributed by atoms with Crippen LogP contribution in [0.4, 0.5) is 6.01 Å². The van der Waals surface area contributed by atoms with Crippen LogP contribution in [-0.4, -0.2) is 22.4 Å². The van der Waals surface area contributed by atoms with Crippen molar-refractivity contribution in [1.29, 1.82) is 0 Å². The van der Waals surface area contributed by atoms with E-state index in [1.54, 1.807) is 23.9 Å². The van der Waals surface area contributed by atoms with E-state index in [-0.39, 0.29) is 11.9 Å². The molecule has 116 valence electrons. The maximum atomic E-state index is 12.2. The highest BCUT2D eigenvalue weighted by atomic mass is 32.2. The second kappa shape index (κ2) is 6.66. The van der Waals surface area contributed by atoms with Gasteiger partial charge in [0.05, 0.1) is 0 Å². The molecule has 6 heteroatoms. The van der Waals surface area contributed by atoms with Gasteiger partial charge in [0.15, 0.2) is 0 Å². The van der Waals surface area contributed by atoms with Crippen molar-refractivity contribution < 1.29 is 9.21 Å². The lowest BCUT2D eigenvalue weighted by Crippen LogP contribution is -2.12. The van der Waals surface area contributed by atoms with E-state index >= 15 is 0 Å². The summed E-state index contributed by atoms with van der Waals surface area (Å²) in [5.74, 6) is 0.0961. The molecule has 0 saturated carbocycles. The molecule has 0 fully saturated rings. The number of carbonyl (C=O) groups excluding carboxylic acids is 1. The minimum absolute atomic E-state index is 0.0837. The van der Waals surface area contributed by atoms with Gasteiger partial charge < -0.3 is 4.42 Å². The Kier molecular flexibility index (Phi) is 4.43. The van der Waals surface area contributed by atoms with Crippen LogP contribution in [0.2, 0.25) is 0 Å². The van der Waals surface area contributed by atoms with Crippen molar-refractivity contribution in [2.45, 2.75) is 11.8 Å². The van der Waals surface area contributed by atoms with Crippen LogP contribution in [0.3, 0.4) is 0 Å². The molecule has 3 rings (SSSR count). The Morgan fingerprint density at radius 1 is 1.13 bits per heavy atom. The van der Waals surface area contributed by atoms with Gasteiger partial charge in [-0.3, -0.25) is 10.1 Å². The van der Waals surface area contributed by atoms with Gasteiger partial charge in [0, 0.05) is 16.0 Å². The molecule has 2 aromatic carbocycles. The molecular formula is C17H15N3O2S. The van der Waals surface area contributed by atoms with E-state index in [4.69, 9.17) is 4.42 Å². The van der Waals surface area contributed by atoms with Crippen LogP contribution in [0.5, 0.6) is 0 Å². The summed E-state index contributed by atoms with van der Waals surface area (Å²) >= 11 is 1.66. The quantitative estimate of drug-likeness (QED) is 0.734. The largest absolute Gasteiger partial charge is 0.403 e. The van der Waals surface area contributed by atoms with E-state index in [2.05, 4.69) is 15.5 Å². The summed E-state index contributed by atoms with van der Waals surface area (Å²) in [6.07, 6.45) is 2.01. The molecule has 1 heterocycles. The fourth-order valence-electron chi connectivity index (χ4n) is 2.08. The fourth-order valence-corrected chi connectivity index (χ4v) is 2.49. The zero-order chi connectivity index (χ0) is 16.2. The van der Waals surface area contributed by atoms with E-state index in [9.17, 15) is 4.79 Å². The molecule has 0 aliphatic rings. The summed E-state index contributed by atoms with van der Waals surface area (Å²) in [6.45, 7) is 1.93. The molecular weight excluding hydrogens is 310 g/mol. The van der Waals surface area contributed by atoms with Crippen LogP contribution in [0.1, 0.15) is 15.9 Å². The summed E-state index contributed by atoms with van der Waals surface area (Å²) in [5.41, 5.74) is 2.37. The van der Waals surface area contributed by atoms with Crippen LogP contribution in [0.15, 0.2) is 57.8 Å². The molecule has 5 nitrogen and oxygen atoms in total. The van der Waals surface area contributed by atoms with Gasteiger partial charge in [0.1, 0.15) is 0 Å². The number of aromatic nitrogens is 2. The molecule has 23 heavy (non-hydrogen) atoms. The minimum Gasteiger partial charge on any atom is -0.403 e. The van der Waals surface area contributed by atoms with Crippen LogP contribution in [0.25, 0.3) is 11.5 Å². The SMILES string of the molecule is CSc1ccc(-c2nnc(NC(=O)c3cccc(C)c3)o2)cc1. The lowest BCUT2D eigenvalue weighted by Gasteiger charge is -2.01. The molecule has 0 saturated heterocycles. The lowest BCUT2D eigenvalue weighted by molar-refractivity contribution is 0.102. The normalized spacial score (nSPS) is 10.5. The van der Waals surface area contributed by atoms with Gasteiger partial charge in [-0.15, -0.1) is 16.9 Å². The van der Waals surface area contributed by atoms with Crippen LogP contribution < -0.4 is 5.32 Å². The monoisotopic (exact) mass is 325 g/mol. The molecule has 3 aromatic rings. The first kappa shape index (κ1) is 15.3. The molecule has 0 aliphatic heterocycles. The third-order valence-corrected chi connectivity index (χ3v) is 4.01. The number of nitrogens with one attached hydrogen (secondary N) is 1. The van der Waals surface area contributed by atoms with E-state index in [0.29, 0.717) is 11.5 Å². The average Bonchev–Trinajstić information content (AvgIpc) is 3.03. The topological polar surface area (TPSA) is 68.0 Å². The third kappa shape index (κ3) is 3.60. The Hall–Kier alpha value is -2.60. The molecule has 1 amide bonds. The van der Waals surface area contributed by atoms with Crippen LogP contribution in [-0.2, 0) is 0 Å². The van der Waals surface area contributed by atoms with E-state index in [1.165, 1.54) is 0 Å². The van der Waals surface area contributed by atoms with Crippen molar-refractivity contribution in [3.8, 4) is 11.5 Å². The van der Waals surface area contributed by atoms with E-state index in [1.807, 2.05) is 49.6 Å². The number of carbonyl (C=O) groups is 1. The number of hydrogen-bond donors (Lipinski definition) is 1. The Morgan fingerprint density at radius 3 is 2.61 bits per heavy atom. The summed E-state index contributed by atoms with van der Waals surface area (Å²) in [7, 11) is 0. The predicted molar refractivity (Wildman–Crippen MR) is 90.6 cm³/mol. The number of aryl methyl sites for hydroxylation is 1. The van der Waals surface area contributed by atoms with Gasteiger partial charge in [-0.2, -0.15) is 0 Å². The lowest BCUT2D eigenvalue weighted by atomic mass is 10.1. The summed E-state index contributed by atoms with van der Waals surface area (Å²) in [6, 6.07) is 15.2. The number of amides is 1. The summed E-state index contributed by atoms with van der Waals surface area (Å²) in [5, 5.41) is 10.5. The number of hydrogen-bond acceptors (Lipinski definition) is 5. The Labute approximate surface area is 138 Å². The summed E-state index contributed by atoms with van der Waals surface area (Å²) < 4.78 is 5.50. The highest BCUT2D eigenvalue weighted by Gasteiger charge is 2.12. The van der Waals surface area contributed by atoms with E-state index in [0.717, 1.165) is 16.0 Å². The van der Waals surface area contributed by atoms with Gasteiger partial charge in [-0.1, -0.05) is 22.8 Å². The highest BCUT2D eigenvalue weighted by Crippen LogP contribution is 2.23. The fraction of sp³-hybridized carbons (Fsp3) is 0.118. The predicted octanol–water partition coefficient (Wildman–Crippen LogP) is 4.02. The Balaban J connectivity index is 1.75. The summed E-state index contributed by atoms with van der Waals surface area (Å²) in [4.78, 5) is 13.3. The second-order valence-electron chi connectivity index (χ2n) is 4.96. The van der Waals surface area contributed by atoms with Crippen molar-refractivity contribution in [2.24, 2.45) is 0 Å². The van der Waals surface area contributed by atoms with Crippen molar-refractivity contribution in [1.82, 2.24) is 10.2 Å². The maximum Gasteiger partial charge on any atom is 0.322 e. The van der Waals surface area contributed by atoms with Gasteiger partial charge in [-0.05, 0) is 49.6 Å². The first-order valence-corrected chi connectivity index (χ1v) is 8.24. The van der Waals surface area contributed by atoms with Crippen molar-refractivity contribution in [3.05, 3.63) is 59.7 Å². The first-order valence-electron chi connectivity index (χ1n) is 7.01. The van der Waals surface area contributed by atoms with Gasteiger partial charge >= 0.3 is 6.01 Å². The van der Waals surface area contributed by atoms with Crippen LogP contribution in [0, 0.1) is 6.92 Å². The number of benzene rings is 2. The van der Waals surface area contributed by atoms with Gasteiger partial charge in [-0.25, -0.2) is 0 Å². The van der Waals surface area contributed by atoms with Crippen LogP contribution >= 0.6 is 11.8 Å². The number of thioether (sulfide) groups is 1. The van der Waals surface area contributed by atoms with Gasteiger partial charge in [0.25, 0.3) is 5.91 Å². The zero-order valence-corrected chi connectivity index (χ0v) is 13.6. The van der Waals surface area contributed by atoms with Crippen molar-refractivity contribution >= 4 is 23.7 Å². The molecule has 1 N–H and O–H groups in total.